The van der Waals surface area contributed by atoms with Gasteiger partial charge in [0.1, 0.15) is 11.1 Å². The largest absolute Gasteiger partial charge is 0.325 e. The fourth-order valence-electron chi connectivity index (χ4n) is 3.42. The number of nitriles is 1. The summed E-state index contributed by atoms with van der Waals surface area (Å²) in [7, 11) is 0. The molecule has 3 rings (SSSR count). The third kappa shape index (κ3) is 3.47. The van der Waals surface area contributed by atoms with Crippen molar-refractivity contribution in [2.24, 2.45) is 0 Å². The number of nitrogens with one attached hydrogen (secondary N) is 1. The zero-order chi connectivity index (χ0) is 18.8. The average Bonchev–Trinajstić information content (AvgIpc) is 3.07. The zero-order valence-corrected chi connectivity index (χ0v) is 16.5. The third-order valence-corrected chi connectivity index (χ3v) is 6.05. The highest BCUT2D eigenvalue weighted by molar-refractivity contribution is 8.00. The molecule has 0 bridgehead atoms. The lowest BCUT2D eigenvalue weighted by Crippen LogP contribution is -2.23. The van der Waals surface area contributed by atoms with Gasteiger partial charge in [-0.3, -0.25) is 4.79 Å². The number of anilines is 1. The van der Waals surface area contributed by atoms with Crippen molar-refractivity contribution in [1.82, 2.24) is 4.98 Å². The van der Waals surface area contributed by atoms with Crippen LogP contribution in [0.3, 0.4) is 0 Å². The predicted octanol–water partition coefficient (Wildman–Crippen LogP) is 4.49. The number of para-hydroxylation sites is 1. The van der Waals surface area contributed by atoms with Crippen molar-refractivity contribution < 1.29 is 4.79 Å². The molecule has 1 aromatic carbocycles. The summed E-state index contributed by atoms with van der Waals surface area (Å²) in [5, 5.41) is 13.0. The Hall–Kier alpha value is -2.32. The van der Waals surface area contributed by atoms with Crippen molar-refractivity contribution in [3.8, 4) is 6.07 Å². The lowest BCUT2D eigenvalue weighted by molar-refractivity contribution is -0.115. The topological polar surface area (TPSA) is 65.8 Å². The number of nitrogens with zero attached hydrogens (tertiary/aromatic N) is 2. The smallest absolute Gasteiger partial charge is 0.237 e. The summed E-state index contributed by atoms with van der Waals surface area (Å²) in [5.74, 6) is -0.0729. The minimum Gasteiger partial charge on any atom is -0.325 e. The molecule has 1 aliphatic carbocycles. The van der Waals surface area contributed by atoms with Gasteiger partial charge in [0.15, 0.2) is 0 Å². The Morgan fingerprint density at radius 3 is 2.62 bits per heavy atom. The highest BCUT2D eigenvalue weighted by Gasteiger charge is 2.24. The molecule has 2 aromatic rings. The van der Waals surface area contributed by atoms with Crippen molar-refractivity contribution in [2.45, 2.75) is 57.2 Å². The van der Waals surface area contributed by atoms with E-state index in [4.69, 9.17) is 4.98 Å². The number of rotatable bonds is 4. The molecule has 1 aliphatic rings. The highest BCUT2D eigenvalue weighted by Crippen LogP contribution is 2.33. The van der Waals surface area contributed by atoms with Crippen molar-refractivity contribution in [3.63, 3.8) is 0 Å². The predicted molar refractivity (Wildman–Crippen MR) is 106 cm³/mol. The number of aromatic nitrogens is 1. The molecule has 134 valence electrons. The molecule has 1 amide bonds. The summed E-state index contributed by atoms with van der Waals surface area (Å²) in [6.45, 7) is 7.83. The van der Waals surface area contributed by atoms with E-state index < -0.39 is 0 Å². The van der Waals surface area contributed by atoms with E-state index in [1.807, 2.05) is 45.9 Å². The third-order valence-electron chi connectivity index (χ3n) is 4.97. The molecule has 0 saturated carbocycles. The minimum atomic E-state index is -0.340. The Labute approximate surface area is 159 Å². The first-order valence-corrected chi connectivity index (χ1v) is 9.76. The van der Waals surface area contributed by atoms with Gasteiger partial charge in [-0.05, 0) is 69.2 Å². The molecular weight excluding hydrogens is 342 g/mol. The highest BCUT2D eigenvalue weighted by atomic mass is 32.2. The number of carbonyl (C=O) groups is 1. The van der Waals surface area contributed by atoms with E-state index in [1.165, 1.54) is 17.3 Å². The second-order valence-corrected chi connectivity index (χ2v) is 8.15. The van der Waals surface area contributed by atoms with Crippen LogP contribution in [0.5, 0.6) is 0 Å². The summed E-state index contributed by atoms with van der Waals surface area (Å²) in [6, 6.07) is 8.24. The molecule has 0 radical (unpaired) electrons. The number of amides is 1. The first-order valence-electron chi connectivity index (χ1n) is 8.88. The number of pyridine rings is 1. The number of benzene rings is 1. The van der Waals surface area contributed by atoms with E-state index in [9.17, 15) is 10.1 Å². The molecule has 1 heterocycles. The lowest BCUT2D eigenvalue weighted by atomic mass is 10.0. The first-order chi connectivity index (χ1) is 12.4. The summed E-state index contributed by atoms with van der Waals surface area (Å²) >= 11 is 1.37. The standard InChI is InChI=1S/C21H23N3OS/c1-12-7-5-8-13(2)19(12)24-20(25)15(4)26-21-17(11-22)14(3)16-9-6-10-18(16)23-21/h5,7-8,15H,6,9-10H2,1-4H3,(H,24,25). The molecule has 5 heteroatoms. The Kier molecular flexibility index (Phi) is 5.33. The molecule has 0 saturated heterocycles. The van der Waals surface area contributed by atoms with Crippen molar-refractivity contribution >= 4 is 23.4 Å². The van der Waals surface area contributed by atoms with Gasteiger partial charge in [0.25, 0.3) is 0 Å². The molecule has 1 atom stereocenters. The van der Waals surface area contributed by atoms with Crippen molar-refractivity contribution in [2.75, 3.05) is 5.32 Å². The lowest BCUT2D eigenvalue weighted by Gasteiger charge is -2.17. The van der Waals surface area contributed by atoms with E-state index in [2.05, 4.69) is 11.4 Å². The minimum absolute atomic E-state index is 0.0729. The summed E-state index contributed by atoms with van der Waals surface area (Å²) < 4.78 is 0. The van der Waals surface area contributed by atoms with Gasteiger partial charge in [-0.1, -0.05) is 30.0 Å². The average molecular weight is 366 g/mol. The van der Waals surface area contributed by atoms with Crippen LogP contribution in [-0.2, 0) is 17.6 Å². The maximum Gasteiger partial charge on any atom is 0.237 e. The van der Waals surface area contributed by atoms with Gasteiger partial charge in [0.05, 0.1) is 10.8 Å². The van der Waals surface area contributed by atoms with Crippen LogP contribution >= 0.6 is 11.8 Å². The van der Waals surface area contributed by atoms with E-state index in [-0.39, 0.29) is 11.2 Å². The summed E-state index contributed by atoms with van der Waals surface area (Å²) in [4.78, 5) is 17.4. The molecule has 4 nitrogen and oxygen atoms in total. The maximum atomic E-state index is 12.7. The summed E-state index contributed by atoms with van der Waals surface area (Å²) in [5.41, 5.74) is 6.90. The van der Waals surface area contributed by atoms with Crippen LogP contribution in [0.2, 0.25) is 0 Å². The van der Waals surface area contributed by atoms with Gasteiger partial charge < -0.3 is 5.32 Å². The van der Waals surface area contributed by atoms with E-state index in [0.29, 0.717) is 10.6 Å². The molecule has 1 unspecified atom stereocenters. The van der Waals surface area contributed by atoms with Crippen molar-refractivity contribution in [1.29, 1.82) is 5.26 Å². The summed E-state index contributed by atoms with van der Waals surface area (Å²) in [6.07, 6.45) is 3.04. The van der Waals surface area contributed by atoms with Crippen LogP contribution in [0.25, 0.3) is 0 Å². The zero-order valence-electron chi connectivity index (χ0n) is 15.6. The second-order valence-electron chi connectivity index (χ2n) is 6.82. The molecule has 0 aliphatic heterocycles. The Morgan fingerprint density at radius 2 is 1.96 bits per heavy atom. The van der Waals surface area contributed by atoms with Crippen LogP contribution in [0, 0.1) is 32.1 Å². The van der Waals surface area contributed by atoms with E-state index in [1.54, 1.807) is 0 Å². The van der Waals surface area contributed by atoms with Crippen molar-refractivity contribution in [3.05, 3.63) is 51.7 Å². The van der Waals surface area contributed by atoms with Gasteiger partial charge in [-0.2, -0.15) is 5.26 Å². The quantitative estimate of drug-likeness (QED) is 0.811. The Morgan fingerprint density at radius 1 is 1.27 bits per heavy atom. The van der Waals surface area contributed by atoms with Crippen LogP contribution in [0.4, 0.5) is 5.69 Å². The number of hydrogen-bond donors (Lipinski definition) is 1. The fourth-order valence-corrected chi connectivity index (χ4v) is 4.40. The Bertz CT molecular complexity index is 894. The second kappa shape index (κ2) is 7.51. The van der Waals surface area contributed by atoms with Gasteiger partial charge in [-0.15, -0.1) is 0 Å². The molecular formula is C21H23N3OS. The monoisotopic (exact) mass is 365 g/mol. The maximum absolute atomic E-state index is 12.7. The number of hydrogen-bond acceptors (Lipinski definition) is 4. The number of aryl methyl sites for hydroxylation is 3. The van der Waals surface area contributed by atoms with Gasteiger partial charge in [-0.25, -0.2) is 4.98 Å². The van der Waals surface area contributed by atoms with Crippen LogP contribution in [-0.4, -0.2) is 16.1 Å². The first kappa shape index (κ1) is 18.5. The Balaban J connectivity index is 1.82. The fraction of sp³-hybridized carbons (Fsp3) is 0.381. The normalized spacial score (nSPS) is 13.8. The van der Waals surface area contributed by atoms with Gasteiger partial charge >= 0.3 is 0 Å². The molecule has 1 aromatic heterocycles. The van der Waals surface area contributed by atoms with Crippen LogP contribution in [0.15, 0.2) is 23.2 Å². The van der Waals surface area contributed by atoms with E-state index >= 15 is 0 Å². The molecule has 26 heavy (non-hydrogen) atoms. The van der Waals surface area contributed by atoms with E-state index in [0.717, 1.165) is 47.3 Å². The van der Waals surface area contributed by atoms with Gasteiger partial charge in [0, 0.05) is 11.4 Å². The number of thioether (sulfide) groups is 1. The van der Waals surface area contributed by atoms with Gasteiger partial charge in [0.2, 0.25) is 5.91 Å². The molecule has 0 spiro atoms. The number of fused-ring (bicyclic) bond motifs is 1. The van der Waals surface area contributed by atoms with Crippen LogP contribution < -0.4 is 5.32 Å². The molecule has 0 fully saturated rings. The van der Waals surface area contributed by atoms with Crippen LogP contribution in [0.1, 0.15) is 46.9 Å². The number of carbonyl (C=O) groups excluding carboxylic acids is 1. The SMILES string of the molecule is Cc1cccc(C)c1NC(=O)C(C)Sc1nc2c(c(C)c1C#N)CCC2. The molecule has 1 N–H and O–H groups in total.